The van der Waals surface area contributed by atoms with Gasteiger partial charge < -0.3 is 10.0 Å². The highest BCUT2D eigenvalue weighted by atomic mass is 32.2. The molecule has 1 fully saturated rings. The van der Waals surface area contributed by atoms with Crippen LogP contribution in [0.1, 0.15) is 26.4 Å². The van der Waals surface area contributed by atoms with E-state index in [0.717, 1.165) is 0 Å². The molecule has 0 aliphatic carbocycles. The van der Waals surface area contributed by atoms with Gasteiger partial charge in [0.15, 0.2) is 0 Å². The summed E-state index contributed by atoms with van der Waals surface area (Å²) in [6.07, 6.45) is 1.28. The first-order chi connectivity index (χ1) is 12.9. The molecule has 0 saturated carbocycles. The molecule has 2 aromatic rings. The fraction of sp³-hybridized carbons (Fsp3) is 0.278. The van der Waals surface area contributed by atoms with Gasteiger partial charge in [0, 0.05) is 37.9 Å². The van der Waals surface area contributed by atoms with E-state index in [2.05, 4.69) is 4.98 Å². The number of aromatic nitrogens is 1. The topological polar surface area (TPSA) is 108 Å². The van der Waals surface area contributed by atoms with Crippen molar-refractivity contribution >= 4 is 21.9 Å². The van der Waals surface area contributed by atoms with Crippen LogP contribution in [0.15, 0.2) is 48.7 Å². The summed E-state index contributed by atoms with van der Waals surface area (Å²) in [5.41, 5.74) is 0.738. The Hall–Kier alpha value is -2.78. The highest BCUT2D eigenvalue weighted by Crippen LogP contribution is 2.15. The molecule has 2 heterocycles. The van der Waals surface area contributed by atoms with E-state index >= 15 is 0 Å². The summed E-state index contributed by atoms with van der Waals surface area (Å²) in [6, 6.07) is 11.6. The number of carboxylic acids is 1. The van der Waals surface area contributed by atoms with E-state index in [1.807, 2.05) is 6.07 Å². The maximum absolute atomic E-state index is 12.6. The number of carboxylic acid groups (broad SMARTS) is 1. The first kappa shape index (κ1) is 19.0. The van der Waals surface area contributed by atoms with Crippen molar-refractivity contribution in [2.45, 2.75) is 5.75 Å². The van der Waals surface area contributed by atoms with Gasteiger partial charge in [0.2, 0.25) is 10.0 Å². The summed E-state index contributed by atoms with van der Waals surface area (Å²) < 4.78 is 26.5. The summed E-state index contributed by atoms with van der Waals surface area (Å²) >= 11 is 0. The SMILES string of the molecule is O=C(O)c1cc(C(=O)N2CCN(S(=O)(=O)Cc3ccccc3)CC2)ccn1. The summed E-state index contributed by atoms with van der Waals surface area (Å²) in [7, 11) is -3.46. The van der Waals surface area contributed by atoms with Crippen LogP contribution >= 0.6 is 0 Å². The minimum Gasteiger partial charge on any atom is -0.477 e. The Labute approximate surface area is 157 Å². The Morgan fingerprint density at radius 1 is 1.04 bits per heavy atom. The van der Waals surface area contributed by atoms with Crippen molar-refractivity contribution in [2.24, 2.45) is 0 Å². The van der Waals surface area contributed by atoms with E-state index < -0.39 is 16.0 Å². The van der Waals surface area contributed by atoms with E-state index in [1.165, 1.54) is 27.5 Å². The van der Waals surface area contributed by atoms with Crippen LogP contribution in [0.4, 0.5) is 0 Å². The van der Waals surface area contributed by atoms with Crippen LogP contribution in [-0.2, 0) is 15.8 Å². The minimum atomic E-state index is -3.46. The number of rotatable bonds is 5. The third kappa shape index (κ3) is 4.50. The molecule has 1 aliphatic rings. The van der Waals surface area contributed by atoms with E-state index in [1.54, 1.807) is 24.3 Å². The van der Waals surface area contributed by atoms with Crippen LogP contribution in [0.3, 0.4) is 0 Å². The number of amides is 1. The third-order valence-electron chi connectivity index (χ3n) is 4.34. The van der Waals surface area contributed by atoms with Gasteiger partial charge in [0.05, 0.1) is 5.75 Å². The molecule has 0 atom stereocenters. The summed E-state index contributed by atoms with van der Waals surface area (Å²) in [5.74, 6) is -1.62. The van der Waals surface area contributed by atoms with E-state index in [9.17, 15) is 18.0 Å². The second-order valence-corrected chi connectivity index (χ2v) is 8.14. The summed E-state index contributed by atoms with van der Waals surface area (Å²) in [6.45, 7) is 0.907. The fourth-order valence-electron chi connectivity index (χ4n) is 2.91. The van der Waals surface area contributed by atoms with Crippen molar-refractivity contribution in [3.8, 4) is 0 Å². The quantitative estimate of drug-likeness (QED) is 0.819. The number of sulfonamides is 1. The van der Waals surface area contributed by atoms with Gasteiger partial charge >= 0.3 is 5.97 Å². The lowest BCUT2D eigenvalue weighted by Gasteiger charge is -2.34. The molecule has 1 saturated heterocycles. The molecule has 3 rings (SSSR count). The van der Waals surface area contributed by atoms with Crippen LogP contribution in [0.5, 0.6) is 0 Å². The molecule has 0 radical (unpaired) electrons. The Kier molecular flexibility index (Phi) is 5.52. The van der Waals surface area contributed by atoms with Gasteiger partial charge in [-0.25, -0.2) is 18.2 Å². The Balaban J connectivity index is 1.64. The number of carbonyl (C=O) groups is 2. The van der Waals surface area contributed by atoms with Gasteiger partial charge in [0.25, 0.3) is 5.91 Å². The predicted octanol–water partition coefficient (Wildman–Crippen LogP) is 1.07. The molecule has 142 valence electrons. The second kappa shape index (κ2) is 7.85. The molecule has 1 aromatic carbocycles. The lowest BCUT2D eigenvalue weighted by Crippen LogP contribution is -2.50. The van der Waals surface area contributed by atoms with Crippen molar-refractivity contribution in [2.75, 3.05) is 26.2 Å². The number of pyridine rings is 1. The Morgan fingerprint density at radius 3 is 2.33 bits per heavy atom. The number of nitrogens with zero attached hydrogens (tertiary/aromatic N) is 3. The maximum Gasteiger partial charge on any atom is 0.354 e. The first-order valence-electron chi connectivity index (χ1n) is 8.37. The van der Waals surface area contributed by atoms with Gasteiger partial charge in [0.1, 0.15) is 5.69 Å². The van der Waals surface area contributed by atoms with E-state index in [4.69, 9.17) is 5.11 Å². The van der Waals surface area contributed by atoms with Crippen molar-refractivity contribution in [3.63, 3.8) is 0 Å². The Bertz CT molecular complexity index is 938. The molecule has 8 nitrogen and oxygen atoms in total. The lowest BCUT2D eigenvalue weighted by molar-refractivity contribution is 0.0690. The molecule has 0 spiro atoms. The minimum absolute atomic E-state index is 0.0753. The number of hydrogen-bond donors (Lipinski definition) is 1. The Morgan fingerprint density at radius 2 is 1.70 bits per heavy atom. The van der Waals surface area contributed by atoms with E-state index in [0.29, 0.717) is 5.56 Å². The number of benzene rings is 1. The van der Waals surface area contributed by atoms with Gasteiger partial charge in [-0.15, -0.1) is 0 Å². The van der Waals surface area contributed by atoms with Crippen LogP contribution in [0.25, 0.3) is 0 Å². The maximum atomic E-state index is 12.6. The van der Waals surface area contributed by atoms with Crippen molar-refractivity contribution in [1.82, 2.24) is 14.2 Å². The van der Waals surface area contributed by atoms with Gasteiger partial charge in [-0.05, 0) is 17.7 Å². The van der Waals surface area contributed by atoms with Crippen LogP contribution in [-0.4, -0.2) is 65.8 Å². The standard InChI is InChI=1S/C18H19N3O5S/c22-17(15-6-7-19-16(12-15)18(23)24)20-8-10-21(11-9-20)27(25,26)13-14-4-2-1-3-5-14/h1-7,12H,8-11,13H2,(H,23,24). The van der Waals surface area contributed by atoms with Gasteiger partial charge in [-0.3, -0.25) is 4.79 Å². The molecule has 1 aromatic heterocycles. The summed E-state index contributed by atoms with van der Waals surface area (Å²) in [4.78, 5) is 28.8. The fourth-order valence-corrected chi connectivity index (χ4v) is 4.42. The molecule has 1 aliphatic heterocycles. The normalized spacial score (nSPS) is 15.5. The zero-order valence-electron chi connectivity index (χ0n) is 14.5. The third-order valence-corrected chi connectivity index (χ3v) is 6.19. The molecule has 1 amide bonds. The van der Waals surface area contributed by atoms with Crippen LogP contribution < -0.4 is 0 Å². The summed E-state index contributed by atoms with van der Waals surface area (Å²) in [5, 5.41) is 8.99. The van der Waals surface area contributed by atoms with Gasteiger partial charge in [-0.1, -0.05) is 30.3 Å². The monoisotopic (exact) mass is 389 g/mol. The molecule has 0 unspecified atom stereocenters. The van der Waals surface area contributed by atoms with Crippen molar-refractivity contribution < 1.29 is 23.1 Å². The molecule has 9 heteroatoms. The highest BCUT2D eigenvalue weighted by molar-refractivity contribution is 7.88. The van der Waals surface area contributed by atoms with Gasteiger partial charge in [-0.2, -0.15) is 4.31 Å². The molecule has 1 N–H and O–H groups in total. The lowest BCUT2D eigenvalue weighted by atomic mass is 10.2. The smallest absolute Gasteiger partial charge is 0.354 e. The van der Waals surface area contributed by atoms with Crippen LogP contribution in [0.2, 0.25) is 0 Å². The zero-order valence-corrected chi connectivity index (χ0v) is 15.3. The zero-order chi connectivity index (χ0) is 19.4. The average molecular weight is 389 g/mol. The highest BCUT2D eigenvalue weighted by Gasteiger charge is 2.29. The molecular formula is C18H19N3O5S. The molecular weight excluding hydrogens is 370 g/mol. The predicted molar refractivity (Wildman–Crippen MR) is 97.7 cm³/mol. The molecule has 0 bridgehead atoms. The van der Waals surface area contributed by atoms with Crippen molar-refractivity contribution in [1.29, 1.82) is 0 Å². The number of piperazine rings is 1. The number of aromatic carboxylic acids is 1. The first-order valence-corrected chi connectivity index (χ1v) is 9.98. The van der Waals surface area contributed by atoms with E-state index in [-0.39, 0.29) is 49.1 Å². The number of hydrogen-bond acceptors (Lipinski definition) is 5. The number of carbonyl (C=O) groups excluding carboxylic acids is 1. The second-order valence-electron chi connectivity index (χ2n) is 6.17. The van der Waals surface area contributed by atoms with Crippen LogP contribution in [0, 0.1) is 0 Å². The largest absolute Gasteiger partial charge is 0.477 e. The van der Waals surface area contributed by atoms with Crippen molar-refractivity contribution in [3.05, 3.63) is 65.5 Å². The molecule has 27 heavy (non-hydrogen) atoms. The average Bonchev–Trinajstić information content (AvgIpc) is 2.68.